The number of hydrogen-bond acceptors (Lipinski definition) is 3. The van der Waals surface area contributed by atoms with Gasteiger partial charge in [0, 0.05) is 19.0 Å². The maximum absolute atomic E-state index is 12.1. The van der Waals surface area contributed by atoms with Crippen molar-refractivity contribution in [3.05, 3.63) is 16.4 Å². The summed E-state index contributed by atoms with van der Waals surface area (Å²) in [5.41, 5.74) is 1.42. The lowest BCUT2D eigenvalue weighted by atomic mass is 10.2. The Balaban J connectivity index is 2.29. The van der Waals surface area contributed by atoms with Gasteiger partial charge < -0.3 is 4.90 Å². The van der Waals surface area contributed by atoms with Crippen LogP contribution in [0.5, 0.6) is 0 Å². The lowest BCUT2D eigenvalue weighted by molar-refractivity contribution is 0.0962. The minimum atomic E-state index is 0.118. The van der Waals surface area contributed by atoms with Crippen molar-refractivity contribution >= 4 is 17.4 Å². The Morgan fingerprint density at radius 1 is 1.50 bits per heavy atom. The van der Waals surface area contributed by atoms with E-state index in [0.29, 0.717) is 10.7 Å². The van der Waals surface area contributed by atoms with Crippen LogP contribution >= 0.6 is 11.6 Å². The molecule has 0 spiro atoms. The fraction of sp³-hybridized carbons (Fsp3) is 0.692. The highest BCUT2D eigenvalue weighted by Gasteiger charge is 2.34. The Morgan fingerprint density at radius 3 is 2.67 bits per heavy atom. The molecule has 5 heteroatoms. The molecule has 0 amide bonds. The minimum absolute atomic E-state index is 0.118. The predicted molar refractivity (Wildman–Crippen MR) is 72.0 cm³/mol. The van der Waals surface area contributed by atoms with E-state index >= 15 is 0 Å². The van der Waals surface area contributed by atoms with Crippen molar-refractivity contribution < 1.29 is 4.79 Å². The van der Waals surface area contributed by atoms with Crippen molar-refractivity contribution in [2.24, 2.45) is 5.92 Å². The third kappa shape index (κ3) is 2.59. The third-order valence-corrected chi connectivity index (χ3v) is 3.83. The fourth-order valence-electron chi connectivity index (χ4n) is 1.95. The second-order valence-corrected chi connectivity index (χ2v) is 5.27. The number of aromatic nitrogens is 2. The molecule has 1 saturated carbocycles. The van der Waals surface area contributed by atoms with Gasteiger partial charge in [-0.2, -0.15) is 5.10 Å². The van der Waals surface area contributed by atoms with Gasteiger partial charge in [0.15, 0.2) is 5.78 Å². The minimum Gasteiger partial charge on any atom is -0.301 e. The molecule has 1 fully saturated rings. The zero-order chi connectivity index (χ0) is 13.3. The maximum Gasteiger partial charge on any atom is 0.187 e. The highest BCUT2D eigenvalue weighted by molar-refractivity contribution is 6.34. The van der Waals surface area contributed by atoms with Crippen molar-refractivity contribution in [2.75, 3.05) is 13.6 Å². The van der Waals surface area contributed by atoms with Gasteiger partial charge in [0.05, 0.1) is 10.7 Å². The standard InChI is InChI=1S/C13H20ClN3O/c1-4-16(3)8-10-11(14)12(15-17(10)5-2)13(18)9-6-7-9/h9H,4-8H2,1-3H3. The van der Waals surface area contributed by atoms with Crippen molar-refractivity contribution in [3.63, 3.8) is 0 Å². The van der Waals surface area contributed by atoms with Crippen LogP contribution < -0.4 is 0 Å². The smallest absolute Gasteiger partial charge is 0.187 e. The molecule has 0 unspecified atom stereocenters. The number of Topliss-reactive ketones (excluding diaryl/α,β-unsaturated/α-hetero) is 1. The van der Waals surface area contributed by atoms with Crippen molar-refractivity contribution in [1.29, 1.82) is 0 Å². The van der Waals surface area contributed by atoms with Crippen molar-refractivity contribution in [1.82, 2.24) is 14.7 Å². The summed E-state index contributed by atoms with van der Waals surface area (Å²) >= 11 is 6.35. The topological polar surface area (TPSA) is 38.1 Å². The highest BCUT2D eigenvalue weighted by Crippen LogP contribution is 2.35. The van der Waals surface area contributed by atoms with E-state index in [1.54, 1.807) is 0 Å². The maximum atomic E-state index is 12.1. The van der Waals surface area contributed by atoms with E-state index in [0.717, 1.165) is 38.2 Å². The Bertz CT molecular complexity index is 451. The van der Waals surface area contributed by atoms with Gasteiger partial charge >= 0.3 is 0 Å². The van der Waals surface area contributed by atoms with Gasteiger partial charge in [0.25, 0.3) is 0 Å². The lowest BCUT2D eigenvalue weighted by Crippen LogP contribution is -2.19. The van der Waals surface area contributed by atoms with E-state index in [-0.39, 0.29) is 11.7 Å². The van der Waals surface area contributed by atoms with Crippen LogP contribution in [0.25, 0.3) is 0 Å². The van der Waals surface area contributed by atoms with E-state index in [1.807, 2.05) is 18.7 Å². The number of carbonyl (C=O) groups excluding carboxylic acids is 1. The summed E-state index contributed by atoms with van der Waals surface area (Å²) in [5.74, 6) is 0.284. The number of ketones is 1. The first-order valence-electron chi connectivity index (χ1n) is 6.56. The van der Waals surface area contributed by atoms with E-state index in [9.17, 15) is 4.79 Å². The molecule has 0 aliphatic heterocycles. The van der Waals surface area contributed by atoms with Crippen LogP contribution in [-0.4, -0.2) is 34.1 Å². The normalized spacial score (nSPS) is 15.4. The van der Waals surface area contributed by atoms with Gasteiger partial charge in [-0.1, -0.05) is 18.5 Å². The number of carbonyl (C=O) groups is 1. The van der Waals surface area contributed by atoms with Crippen LogP contribution in [0.4, 0.5) is 0 Å². The molecule has 1 aliphatic rings. The van der Waals surface area contributed by atoms with Crippen LogP contribution in [-0.2, 0) is 13.1 Å². The molecule has 18 heavy (non-hydrogen) atoms. The average Bonchev–Trinajstić information content (AvgIpc) is 3.16. The Hall–Kier alpha value is -0.870. The molecule has 0 aromatic carbocycles. The summed E-state index contributed by atoms with van der Waals surface area (Å²) in [6.45, 7) is 6.52. The van der Waals surface area contributed by atoms with E-state index in [2.05, 4.69) is 16.9 Å². The molecule has 0 bridgehead atoms. The molecule has 0 N–H and O–H groups in total. The third-order valence-electron chi connectivity index (χ3n) is 3.43. The Labute approximate surface area is 113 Å². The Kier molecular flexibility index (Phi) is 4.07. The van der Waals surface area contributed by atoms with Crippen LogP contribution in [0.3, 0.4) is 0 Å². The molecule has 100 valence electrons. The van der Waals surface area contributed by atoms with Gasteiger partial charge in [0.2, 0.25) is 0 Å². The highest BCUT2D eigenvalue weighted by atomic mass is 35.5. The molecule has 1 aliphatic carbocycles. The molecule has 1 aromatic rings. The van der Waals surface area contributed by atoms with Crippen molar-refractivity contribution in [2.45, 2.75) is 39.8 Å². The SMILES string of the molecule is CCN(C)Cc1c(Cl)c(C(=O)C2CC2)nn1CC. The zero-order valence-electron chi connectivity index (χ0n) is 11.2. The van der Waals surface area contributed by atoms with Crippen LogP contribution in [0.2, 0.25) is 5.02 Å². The van der Waals surface area contributed by atoms with Gasteiger partial charge in [-0.05, 0) is 33.4 Å². The fourth-order valence-corrected chi connectivity index (χ4v) is 2.24. The molecule has 1 heterocycles. The molecule has 1 aromatic heterocycles. The van der Waals surface area contributed by atoms with Crippen LogP contribution in [0.15, 0.2) is 0 Å². The zero-order valence-corrected chi connectivity index (χ0v) is 12.0. The molecule has 0 saturated heterocycles. The average molecular weight is 270 g/mol. The second kappa shape index (κ2) is 5.41. The van der Waals surface area contributed by atoms with Crippen LogP contribution in [0.1, 0.15) is 42.9 Å². The van der Waals surface area contributed by atoms with Gasteiger partial charge in [-0.25, -0.2) is 0 Å². The first kappa shape index (κ1) is 13.6. The first-order chi connectivity index (χ1) is 8.58. The van der Waals surface area contributed by atoms with E-state index < -0.39 is 0 Å². The number of halogens is 1. The summed E-state index contributed by atoms with van der Waals surface area (Å²) in [7, 11) is 2.03. The van der Waals surface area contributed by atoms with Crippen molar-refractivity contribution in [3.8, 4) is 0 Å². The number of hydrogen-bond donors (Lipinski definition) is 0. The lowest BCUT2D eigenvalue weighted by Gasteiger charge is -2.14. The summed E-state index contributed by atoms with van der Waals surface area (Å²) in [5, 5.41) is 4.94. The summed E-state index contributed by atoms with van der Waals surface area (Å²) in [6, 6.07) is 0. The second-order valence-electron chi connectivity index (χ2n) is 4.89. The molecule has 2 rings (SSSR count). The van der Waals surface area contributed by atoms with E-state index in [1.165, 1.54) is 0 Å². The number of rotatable bonds is 6. The molecule has 4 nitrogen and oxygen atoms in total. The first-order valence-corrected chi connectivity index (χ1v) is 6.94. The monoisotopic (exact) mass is 269 g/mol. The largest absolute Gasteiger partial charge is 0.301 e. The Morgan fingerprint density at radius 2 is 2.17 bits per heavy atom. The molecule has 0 radical (unpaired) electrons. The van der Waals surface area contributed by atoms with Gasteiger partial charge in [0.1, 0.15) is 5.69 Å². The number of nitrogens with zero attached hydrogens (tertiary/aromatic N) is 3. The molecular formula is C13H20ClN3O. The van der Waals surface area contributed by atoms with Crippen LogP contribution in [0, 0.1) is 5.92 Å². The quantitative estimate of drug-likeness (QED) is 0.745. The summed E-state index contributed by atoms with van der Waals surface area (Å²) in [6.07, 6.45) is 1.97. The molecule has 0 atom stereocenters. The number of aryl methyl sites for hydroxylation is 1. The summed E-state index contributed by atoms with van der Waals surface area (Å²) in [4.78, 5) is 14.2. The predicted octanol–water partition coefficient (Wildman–Crippen LogP) is 2.60. The van der Waals surface area contributed by atoms with Gasteiger partial charge in [-0.3, -0.25) is 9.48 Å². The molecular weight excluding hydrogens is 250 g/mol. The summed E-state index contributed by atoms with van der Waals surface area (Å²) < 4.78 is 1.85. The van der Waals surface area contributed by atoms with E-state index in [4.69, 9.17) is 11.6 Å². The van der Waals surface area contributed by atoms with Gasteiger partial charge in [-0.15, -0.1) is 0 Å².